The Hall–Kier alpha value is -1.94. The Kier molecular flexibility index (Phi) is 2.49. The van der Waals surface area contributed by atoms with Crippen LogP contribution in [0.15, 0.2) is 0 Å². The second-order valence-electron chi connectivity index (χ2n) is 2.85. The molecule has 0 saturated heterocycles. The minimum absolute atomic E-state index is 0.0676. The van der Waals surface area contributed by atoms with Crippen molar-refractivity contribution in [1.82, 2.24) is 0 Å². The van der Waals surface area contributed by atoms with Crippen molar-refractivity contribution in [2.75, 3.05) is 0 Å². The maximum absolute atomic E-state index is 13.1. The van der Waals surface area contributed by atoms with Crippen molar-refractivity contribution in [2.24, 2.45) is 0 Å². The first-order valence-corrected chi connectivity index (χ1v) is 3.83. The van der Waals surface area contributed by atoms with E-state index >= 15 is 0 Å². The van der Waals surface area contributed by atoms with E-state index in [-0.39, 0.29) is 11.1 Å². The number of rotatable bonds is 0. The van der Waals surface area contributed by atoms with Gasteiger partial charge in [0.05, 0.1) is 5.56 Å². The van der Waals surface area contributed by atoms with Crippen molar-refractivity contribution in [3.8, 4) is 12.1 Å². The zero-order valence-electron chi connectivity index (χ0n) is 7.65. The number of nitriles is 2. The van der Waals surface area contributed by atoms with Crippen molar-refractivity contribution in [3.63, 3.8) is 0 Å². The standard InChI is InChI=1S/C10H6F2N2/c1-5-6(2)9(11)10(12)8(4-14)7(5)3-13/h1-2H3. The smallest absolute Gasteiger partial charge is 0.178 e. The molecule has 70 valence electrons. The Balaban J connectivity index is 3.79. The van der Waals surface area contributed by atoms with Crippen LogP contribution in [0.2, 0.25) is 0 Å². The van der Waals surface area contributed by atoms with Gasteiger partial charge in [0.25, 0.3) is 0 Å². The molecule has 1 aromatic rings. The number of hydrogen-bond donors (Lipinski definition) is 0. The third-order valence-electron chi connectivity index (χ3n) is 2.15. The van der Waals surface area contributed by atoms with Gasteiger partial charge in [-0.1, -0.05) is 0 Å². The van der Waals surface area contributed by atoms with Crippen molar-refractivity contribution < 1.29 is 8.78 Å². The maximum Gasteiger partial charge on any atom is 0.178 e. The molecule has 0 bridgehead atoms. The van der Waals surface area contributed by atoms with E-state index in [0.29, 0.717) is 5.56 Å². The third-order valence-corrected chi connectivity index (χ3v) is 2.15. The van der Waals surface area contributed by atoms with Crippen LogP contribution in [0.4, 0.5) is 8.78 Å². The summed E-state index contributed by atoms with van der Waals surface area (Å²) in [6, 6.07) is 3.18. The van der Waals surface area contributed by atoms with E-state index in [4.69, 9.17) is 10.5 Å². The first-order chi connectivity index (χ1) is 6.54. The van der Waals surface area contributed by atoms with E-state index in [2.05, 4.69) is 0 Å². The van der Waals surface area contributed by atoms with Gasteiger partial charge in [0.15, 0.2) is 11.6 Å². The van der Waals surface area contributed by atoms with Crippen LogP contribution in [0.1, 0.15) is 22.3 Å². The van der Waals surface area contributed by atoms with Crippen LogP contribution >= 0.6 is 0 Å². The minimum Gasteiger partial charge on any atom is -0.203 e. The van der Waals surface area contributed by atoms with Gasteiger partial charge < -0.3 is 0 Å². The van der Waals surface area contributed by atoms with Crippen LogP contribution < -0.4 is 0 Å². The fraction of sp³-hybridized carbons (Fsp3) is 0.200. The second kappa shape index (κ2) is 3.43. The molecule has 0 spiro atoms. The van der Waals surface area contributed by atoms with Crippen LogP contribution in [0.5, 0.6) is 0 Å². The van der Waals surface area contributed by atoms with Gasteiger partial charge in [-0.15, -0.1) is 0 Å². The lowest BCUT2D eigenvalue weighted by Gasteiger charge is -2.06. The normalized spacial score (nSPS) is 9.29. The molecule has 0 atom stereocenters. The third kappa shape index (κ3) is 1.22. The Morgan fingerprint density at radius 2 is 1.36 bits per heavy atom. The number of halogens is 2. The molecule has 2 nitrogen and oxygen atoms in total. The van der Waals surface area contributed by atoms with E-state index < -0.39 is 17.2 Å². The molecule has 0 unspecified atom stereocenters. The van der Waals surface area contributed by atoms with Crippen LogP contribution in [0.25, 0.3) is 0 Å². The van der Waals surface area contributed by atoms with Crippen molar-refractivity contribution in [2.45, 2.75) is 13.8 Å². The summed E-state index contributed by atoms with van der Waals surface area (Å²) in [4.78, 5) is 0. The average Bonchev–Trinajstić information content (AvgIpc) is 2.20. The van der Waals surface area contributed by atoms with Gasteiger partial charge >= 0.3 is 0 Å². The molecule has 0 aliphatic rings. The fourth-order valence-corrected chi connectivity index (χ4v) is 1.17. The summed E-state index contributed by atoms with van der Waals surface area (Å²) in [5, 5.41) is 17.2. The highest BCUT2D eigenvalue weighted by atomic mass is 19.2. The zero-order valence-corrected chi connectivity index (χ0v) is 7.65. The lowest BCUT2D eigenvalue weighted by Crippen LogP contribution is -2.02. The molecule has 1 rings (SSSR count). The van der Waals surface area contributed by atoms with Gasteiger partial charge in [0.2, 0.25) is 0 Å². The zero-order chi connectivity index (χ0) is 10.9. The minimum atomic E-state index is -1.24. The molecule has 0 aromatic heterocycles. The Morgan fingerprint density at radius 3 is 1.79 bits per heavy atom. The highest BCUT2D eigenvalue weighted by Gasteiger charge is 2.19. The highest BCUT2D eigenvalue weighted by molar-refractivity contribution is 5.53. The van der Waals surface area contributed by atoms with E-state index in [1.54, 1.807) is 6.07 Å². The summed E-state index contributed by atoms with van der Waals surface area (Å²) in [7, 11) is 0. The van der Waals surface area contributed by atoms with Gasteiger partial charge in [-0.2, -0.15) is 10.5 Å². The molecule has 0 aliphatic carbocycles. The molecule has 0 amide bonds. The van der Waals surface area contributed by atoms with Crippen LogP contribution in [-0.2, 0) is 0 Å². The van der Waals surface area contributed by atoms with Crippen molar-refractivity contribution in [1.29, 1.82) is 10.5 Å². The summed E-state index contributed by atoms with van der Waals surface area (Å²) in [5.74, 6) is -2.30. The molecule has 0 fully saturated rings. The fourth-order valence-electron chi connectivity index (χ4n) is 1.17. The lowest BCUT2D eigenvalue weighted by molar-refractivity contribution is 0.499. The topological polar surface area (TPSA) is 47.6 Å². The summed E-state index contributed by atoms with van der Waals surface area (Å²) in [5.41, 5.74) is -0.238. The Morgan fingerprint density at radius 1 is 0.857 bits per heavy atom. The van der Waals surface area contributed by atoms with Gasteiger partial charge in [0, 0.05) is 0 Å². The number of benzene rings is 1. The summed E-state index contributed by atoms with van der Waals surface area (Å²) >= 11 is 0. The predicted octanol–water partition coefficient (Wildman–Crippen LogP) is 2.33. The van der Waals surface area contributed by atoms with E-state index in [0.717, 1.165) is 0 Å². The SMILES string of the molecule is Cc1c(C)c(C#N)c(C#N)c(F)c1F. The summed E-state index contributed by atoms with van der Waals surface area (Å²) in [6.45, 7) is 2.85. The van der Waals surface area contributed by atoms with E-state index in [1.165, 1.54) is 19.9 Å². The molecule has 14 heavy (non-hydrogen) atoms. The number of hydrogen-bond acceptors (Lipinski definition) is 2. The second-order valence-corrected chi connectivity index (χ2v) is 2.85. The van der Waals surface area contributed by atoms with Crippen molar-refractivity contribution in [3.05, 3.63) is 33.9 Å². The summed E-state index contributed by atoms with van der Waals surface area (Å²) < 4.78 is 26.3. The van der Waals surface area contributed by atoms with E-state index in [1.807, 2.05) is 0 Å². The largest absolute Gasteiger partial charge is 0.203 e. The first kappa shape index (κ1) is 10.1. The summed E-state index contributed by atoms with van der Waals surface area (Å²) in [6.07, 6.45) is 0. The van der Waals surface area contributed by atoms with Crippen LogP contribution in [-0.4, -0.2) is 0 Å². The molecular weight excluding hydrogens is 186 g/mol. The predicted molar refractivity (Wildman–Crippen MR) is 45.3 cm³/mol. The molecule has 0 saturated carbocycles. The van der Waals surface area contributed by atoms with Crippen LogP contribution in [0, 0.1) is 48.1 Å². The molecule has 0 N–H and O–H groups in total. The average molecular weight is 192 g/mol. The van der Waals surface area contributed by atoms with Gasteiger partial charge in [-0.05, 0) is 25.0 Å². The molecule has 0 radical (unpaired) electrons. The Bertz CT molecular complexity index is 434. The van der Waals surface area contributed by atoms with Gasteiger partial charge in [0.1, 0.15) is 17.7 Å². The molecule has 0 heterocycles. The van der Waals surface area contributed by atoms with Gasteiger partial charge in [-0.25, -0.2) is 8.78 Å². The van der Waals surface area contributed by atoms with Gasteiger partial charge in [-0.3, -0.25) is 0 Å². The number of nitrogens with zero attached hydrogens (tertiary/aromatic N) is 2. The Labute approximate surface area is 80.0 Å². The molecular formula is C10H6F2N2. The highest BCUT2D eigenvalue weighted by Crippen LogP contribution is 2.23. The van der Waals surface area contributed by atoms with Crippen LogP contribution in [0.3, 0.4) is 0 Å². The van der Waals surface area contributed by atoms with E-state index in [9.17, 15) is 8.78 Å². The lowest BCUT2D eigenvalue weighted by atomic mass is 9.98. The molecule has 0 aliphatic heterocycles. The van der Waals surface area contributed by atoms with Crippen molar-refractivity contribution >= 4 is 0 Å². The molecule has 4 heteroatoms. The monoisotopic (exact) mass is 192 g/mol. The quantitative estimate of drug-likeness (QED) is 0.633. The maximum atomic E-state index is 13.1. The first-order valence-electron chi connectivity index (χ1n) is 3.83. The molecule has 1 aromatic carbocycles.